The molecule has 1 rings (SSSR count). The Kier molecular flexibility index (Phi) is 3.01. The number of hydrogen-bond donors (Lipinski definition) is 7. The van der Waals surface area contributed by atoms with E-state index in [0.29, 0.717) is 0 Å². The van der Waals surface area contributed by atoms with Crippen molar-refractivity contribution in [2.45, 2.75) is 36.1 Å². The van der Waals surface area contributed by atoms with Gasteiger partial charge in [0.1, 0.15) is 24.4 Å². The Labute approximate surface area is 84.2 Å². The predicted octanol–water partition coefficient (Wildman–Crippen LogP) is -4.41. The Bertz CT molecular complexity index is 254. The lowest BCUT2D eigenvalue weighted by Crippen LogP contribution is -2.75. The quantitative estimate of drug-likeness (QED) is 0.234. The molecule has 0 aromatic carbocycles. The number of aliphatic hydroxyl groups is 5. The van der Waals surface area contributed by atoms with E-state index in [1.807, 2.05) is 0 Å². The van der Waals surface area contributed by atoms with E-state index in [0.717, 1.165) is 0 Å². The van der Waals surface area contributed by atoms with Crippen molar-refractivity contribution in [3.63, 3.8) is 0 Å². The van der Waals surface area contributed by atoms with Crippen LogP contribution in [0.3, 0.4) is 0 Å². The molecule has 1 aliphatic rings. The monoisotopic (exact) mass is 223 g/mol. The molecule has 0 amide bonds. The van der Waals surface area contributed by atoms with Gasteiger partial charge < -0.3 is 36.4 Å². The summed E-state index contributed by atoms with van der Waals surface area (Å²) in [6.45, 7) is 0. The lowest BCUT2D eigenvalue weighted by molar-refractivity contribution is -0.242. The van der Waals surface area contributed by atoms with Crippen LogP contribution in [0.15, 0.2) is 0 Å². The van der Waals surface area contributed by atoms with Gasteiger partial charge in [-0.2, -0.15) is 0 Å². The fourth-order valence-corrected chi connectivity index (χ4v) is 1.58. The Morgan fingerprint density at radius 3 is 1.93 bits per heavy atom. The van der Waals surface area contributed by atoms with Crippen LogP contribution < -0.4 is 5.73 Å². The number of carboxylic acid groups (broad SMARTS) is 1. The van der Waals surface area contributed by atoms with Crippen molar-refractivity contribution in [3.05, 3.63) is 0 Å². The molecule has 1 aliphatic carbocycles. The highest BCUT2D eigenvalue weighted by Crippen LogP contribution is 2.29. The molecule has 0 aliphatic heterocycles. The molecule has 8 N–H and O–H groups in total. The number of aliphatic carboxylic acids is 1. The lowest BCUT2D eigenvalue weighted by Gasteiger charge is -2.45. The van der Waals surface area contributed by atoms with Crippen molar-refractivity contribution in [2.24, 2.45) is 5.73 Å². The van der Waals surface area contributed by atoms with Crippen LogP contribution in [0.4, 0.5) is 0 Å². The topological polar surface area (TPSA) is 164 Å². The Morgan fingerprint density at radius 2 is 1.53 bits per heavy atom. The van der Waals surface area contributed by atoms with Crippen LogP contribution >= 0.6 is 0 Å². The zero-order valence-electron chi connectivity index (χ0n) is 7.56. The summed E-state index contributed by atoms with van der Waals surface area (Å²) < 4.78 is 0. The van der Waals surface area contributed by atoms with Crippen molar-refractivity contribution in [3.8, 4) is 0 Å². The molecule has 1 fully saturated rings. The van der Waals surface area contributed by atoms with Crippen molar-refractivity contribution in [2.75, 3.05) is 0 Å². The molecule has 0 aromatic rings. The Morgan fingerprint density at radius 1 is 1.07 bits per heavy atom. The fraction of sp³-hybridized carbons (Fsp3) is 0.857. The van der Waals surface area contributed by atoms with Gasteiger partial charge in [-0.3, -0.25) is 0 Å². The molecule has 0 heterocycles. The summed E-state index contributed by atoms with van der Waals surface area (Å²) in [5, 5.41) is 55.1. The molecule has 88 valence electrons. The van der Waals surface area contributed by atoms with Gasteiger partial charge in [0.15, 0.2) is 0 Å². The van der Waals surface area contributed by atoms with Crippen LogP contribution in [-0.4, -0.2) is 72.7 Å². The van der Waals surface area contributed by atoms with Gasteiger partial charge in [-0.05, 0) is 0 Å². The van der Waals surface area contributed by atoms with Crippen LogP contribution in [0.25, 0.3) is 0 Å². The molecular weight excluding hydrogens is 210 g/mol. The van der Waals surface area contributed by atoms with Gasteiger partial charge >= 0.3 is 5.97 Å². The second-order valence-corrected chi connectivity index (χ2v) is 3.58. The third-order valence-corrected chi connectivity index (χ3v) is 2.68. The smallest absolute Gasteiger partial charge is 0.341 e. The molecule has 0 unspecified atom stereocenters. The first kappa shape index (κ1) is 12.3. The van der Waals surface area contributed by atoms with Crippen molar-refractivity contribution >= 4 is 5.97 Å². The number of hydrogen-bond acceptors (Lipinski definition) is 7. The van der Waals surface area contributed by atoms with Gasteiger partial charge in [0, 0.05) is 0 Å². The van der Waals surface area contributed by atoms with Crippen LogP contribution in [0.1, 0.15) is 0 Å². The summed E-state index contributed by atoms with van der Waals surface area (Å²) in [6.07, 6.45) is -7.96. The summed E-state index contributed by atoms with van der Waals surface area (Å²) in [7, 11) is 0. The van der Waals surface area contributed by atoms with Gasteiger partial charge in [0.25, 0.3) is 0 Å². The molecule has 6 atom stereocenters. The maximum Gasteiger partial charge on any atom is 0.341 e. The Hall–Kier alpha value is -0.770. The number of aliphatic hydroxyl groups excluding tert-OH is 4. The fourth-order valence-electron chi connectivity index (χ4n) is 1.58. The van der Waals surface area contributed by atoms with E-state index in [1.54, 1.807) is 0 Å². The largest absolute Gasteiger partial charge is 0.479 e. The first-order chi connectivity index (χ1) is 6.74. The van der Waals surface area contributed by atoms with Gasteiger partial charge in [0.05, 0.1) is 6.04 Å². The minimum Gasteiger partial charge on any atom is -0.479 e. The van der Waals surface area contributed by atoms with Gasteiger partial charge in [0.2, 0.25) is 5.60 Å². The summed E-state index contributed by atoms with van der Waals surface area (Å²) in [5.74, 6) is -1.93. The third-order valence-electron chi connectivity index (χ3n) is 2.68. The van der Waals surface area contributed by atoms with Crippen molar-refractivity contribution in [1.82, 2.24) is 0 Å². The van der Waals surface area contributed by atoms with E-state index < -0.39 is 42.0 Å². The van der Waals surface area contributed by atoms with E-state index in [1.165, 1.54) is 0 Å². The molecule has 1 saturated carbocycles. The molecular formula is C7H13NO7. The molecule has 8 nitrogen and oxygen atoms in total. The molecule has 8 heteroatoms. The molecule has 0 saturated heterocycles. The van der Waals surface area contributed by atoms with E-state index >= 15 is 0 Å². The van der Waals surface area contributed by atoms with Crippen molar-refractivity contribution < 1.29 is 35.4 Å². The summed E-state index contributed by atoms with van der Waals surface area (Å²) in [6, 6.07) is -1.57. The second-order valence-electron chi connectivity index (χ2n) is 3.58. The average molecular weight is 223 g/mol. The molecule has 15 heavy (non-hydrogen) atoms. The number of nitrogens with two attached hydrogens (primary N) is 1. The van der Waals surface area contributed by atoms with Gasteiger partial charge in [-0.25, -0.2) is 4.79 Å². The number of carboxylic acids is 1. The molecule has 0 spiro atoms. The highest BCUT2D eigenvalue weighted by molar-refractivity contribution is 5.79. The zero-order valence-corrected chi connectivity index (χ0v) is 7.56. The minimum atomic E-state index is -2.99. The molecule has 0 aromatic heterocycles. The minimum absolute atomic E-state index is 1.57. The average Bonchev–Trinajstić information content (AvgIpc) is 2.20. The number of rotatable bonds is 1. The summed E-state index contributed by atoms with van der Waals surface area (Å²) in [5.41, 5.74) is 2.21. The maximum absolute atomic E-state index is 10.7. The number of carbonyl (C=O) groups is 1. The second kappa shape index (κ2) is 3.67. The maximum atomic E-state index is 10.7. The lowest BCUT2D eigenvalue weighted by atomic mass is 9.74. The van der Waals surface area contributed by atoms with Gasteiger partial charge in [-0.1, -0.05) is 0 Å². The third kappa shape index (κ3) is 1.51. The zero-order chi connectivity index (χ0) is 12.0. The van der Waals surface area contributed by atoms with Gasteiger partial charge in [-0.15, -0.1) is 0 Å². The molecule has 0 bridgehead atoms. The van der Waals surface area contributed by atoms with E-state index in [2.05, 4.69) is 0 Å². The SMILES string of the molecule is N[C@H]1[C@@H](O)[C@@H](O)[C@@H](O)[C@@](O)(C(=O)O)[C@@H]1O. The van der Waals surface area contributed by atoms with E-state index in [9.17, 15) is 30.3 Å². The molecule has 0 radical (unpaired) electrons. The highest BCUT2D eigenvalue weighted by atomic mass is 16.5. The van der Waals surface area contributed by atoms with Crippen LogP contribution in [0.5, 0.6) is 0 Å². The Balaban J connectivity index is 3.12. The predicted molar refractivity (Wildman–Crippen MR) is 44.6 cm³/mol. The first-order valence-electron chi connectivity index (χ1n) is 4.18. The summed E-state index contributed by atoms with van der Waals surface area (Å²) in [4.78, 5) is 10.7. The first-order valence-corrected chi connectivity index (χ1v) is 4.18. The standard InChI is InChI=1S/C7H13NO7/c8-1-2(9)3(10)5(12)7(15,4(1)11)6(13)14/h1-5,9-12,15H,8H2,(H,13,14)/t1-,2+,3+,4+,5+,7+/m0/s1. The van der Waals surface area contributed by atoms with E-state index in [4.69, 9.17) is 10.8 Å². The van der Waals surface area contributed by atoms with E-state index in [-0.39, 0.29) is 0 Å². The van der Waals surface area contributed by atoms with Crippen LogP contribution in [-0.2, 0) is 4.79 Å². The van der Waals surface area contributed by atoms with Crippen molar-refractivity contribution in [1.29, 1.82) is 0 Å². The van der Waals surface area contributed by atoms with Crippen LogP contribution in [0.2, 0.25) is 0 Å². The van der Waals surface area contributed by atoms with Crippen LogP contribution in [0, 0.1) is 0 Å². The normalized spacial score (nSPS) is 51.5. The summed E-state index contributed by atoms with van der Waals surface area (Å²) >= 11 is 0. The highest BCUT2D eigenvalue weighted by Gasteiger charge is 2.61.